The van der Waals surface area contributed by atoms with Gasteiger partial charge in [-0.05, 0) is 57.0 Å². The topological polar surface area (TPSA) is 59.8 Å². The molecule has 2 aromatic heterocycles. The van der Waals surface area contributed by atoms with Gasteiger partial charge in [-0.3, -0.25) is 14.8 Å². The molecule has 0 bridgehead atoms. The summed E-state index contributed by atoms with van der Waals surface area (Å²) >= 11 is 1.48. The lowest BCUT2D eigenvalue weighted by molar-refractivity contribution is 0.102. The largest absolute Gasteiger partial charge is 0.296 e. The molecule has 3 aromatic rings. The summed E-state index contributed by atoms with van der Waals surface area (Å²) in [5.74, 6) is -0.230. The van der Waals surface area contributed by atoms with E-state index in [9.17, 15) is 4.79 Å². The third kappa shape index (κ3) is 2.74. The molecule has 1 N–H and O–H groups in total. The maximum absolute atomic E-state index is 12.2. The quantitative estimate of drug-likeness (QED) is 0.796. The molecule has 0 radical (unpaired) electrons. The van der Waals surface area contributed by atoms with Crippen molar-refractivity contribution in [1.82, 2.24) is 14.8 Å². The van der Waals surface area contributed by atoms with Gasteiger partial charge in [0.25, 0.3) is 5.91 Å². The Morgan fingerprint density at radius 1 is 1.27 bits per heavy atom. The van der Waals surface area contributed by atoms with Crippen LogP contribution in [0.5, 0.6) is 0 Å². The Hall–Kier alpha value is -2.21. The van der Waals surface area contributed by atoms with Gasteiger partial charge in [-0.1, -0.05) is 11.3 Å². The number of nitrogens with zero attached hydrogens (tertiary/aromatic N) is 3. The molecule has 2 heterocycles. The average Bonchev–Trinajstić information content (AvgIpc) is 3.06. The molecule has 0 aliphatic carbocycles. The van der Waals surface area contributed by atoms with Crippen LogP contribution in [-0.2, 0) is 0 Å². The van der Waals surface area contributed by atoms with Gasteiger partial charge in [0.1, 0.15) is 0 Å². The summed E-state index contributed by atoms with van der Waals surface area (Å²) in [4.78, 5) is 16.7. The van der Waals surface area contributed by atoms with E-state index in [1.54, 1.807) is 10.7 Å². The molecule has 6 heteroatoms. The Morgan fingerprint density at radius 2 is 2.00 bits per heavy atom. The molecule has 0 fully saturated rings. The summed E-state index contributed by atoms with van der Waals surface area (Å²) in [6.07, 6.45) is 1.81. The summed E-state index contributed by atoms with van der Waals surface area (Å²) < 4.78 is 2.84. The van der Waals surface area contributed by atoms with E-state index >= 15 is 0 Å². The Bertz CT molecular complexity index is 808. The molecule has 3 rings (SSSR count). The minimum atomic E-state index is -0.230. The predicted molar refractivity (Wildman–Crippen MR) is 89.7 cm³/mol. The van der Waals surface area contributed by atoms with E-state index in [1.165, 1.54) is 22.5 Å². The first-order chi connectivity index (χ1) is 10.4. The maximum atomic E-state index is 12.2. The maximum Gasteiger partial charge on any atom is 0.277 e. The first-order valence-corrected chi connectivity index (χ1v) is 8.00. The highest BCUT2D eigenvalue weighted by molar-refractivity contribution is 7.22. The van der Waals surface area contributed by atoms with Crippen molar-refractivity contribution in [3.05, 3.63) is 41.2 Å². The van der Waals surface area contributed by atoms with Gasteiger partial charge < -0.3 is 0 Å². The SMILES string of the molecule is Cc1cc2nc(NC(=O)c3ccn(C(C)C)n3)sc2cc1C. The normalized spacial score (nSPS) is 11.3. The summed E-state index contributed by atoms with van der Waals surface area (Å²) in [7, 11) is 0. The zero-order valence-corrected chi connectivity index (χ0v) is 13.9. The lowest BCUT2D eigenvalue weighted by Crippen LogP contribution is -2.13. The number of carbonyl (C=O) groups is 1. The van der Waals surface area contributed by atoms with E-state index in [0.717, 1.165) is 10.2 Å². The second kappa shape index (κ2) is 5.53. The summed E-state index contributed by atoms with van der Waals surface area (Å²) in [6, 6.07) is 6.10. The number of rotatable bonds is 3. The van der Waals surface area contributed by atoms with Crippen LogP contribution in [0.15, 0.2) is 24.4 Å². The van der Waals surface area contributed by atoms with Crippen LogP contribution < -0.4 is 5.32 Å². The first-order valence-electron chi connectivity index (χ1n) is 7.18. The molecule has 114 valence electrons. The van der Waals surface area contributed by atoms with Crippen LogP contribution in [0, 0.1) is 13.8 Å². The monoisotopic (exact) mass is 314 g/mol. The van der Waals surface area contributed by atoms with E-state index in [0.29, 0.717) is 10.8 Å². The van der Waals surface area contributed by atoms with Crippen LogP contribution in [0.25, 0.3) is 10.2 Å². The van der Waals surface area contributed by atoms with Gasteiger partial charge in [0.15, 0.2) is 10.8 Å². The summed E-state index contributed by atoms with van der Waals surface area (Å²) in [5.41, 5.74) is 3.74. The average molecular weight is 314 g/mol. The molecular weight excluding hydrogens is 296 g/mol. The second-order valence-corrected chi connectivity index (χ2v) is 6.68. The highest BCUT2D eigenvalue weighted by atomic mass is 32.1. The zero-order chi connectivity index (χ0) is 15.9. The van der Waals surface area contributed by atoms with Gasteiger partial charge in [-0.15, -0.1) is 0 Å². The number of hydrogen-bond donors (Lipinski definition) is 1. The van der Waals surface area contributed by atoms with E-state index in [-0.39, 0.29) is 11.9 Å². The number of nitrogens with one attached hydrogen (secondary N) is 1. The van der Waals surface area contributed by atoms with E-state index in [2.05, 4.69) is 35.3 Å². The lowest BCUT2D eigenvalue weighted by Gasteiger charge is -2.03. The number of benzene rings is 1. The third-order valence-electron chi connectivity index (χ3n) is 3.59. The molecule has 5 nitrogen and oxygen atoms in total. The van der Waals surface area contributed by atoms with Crippen molar-refractivity contribution in [2.24, 2.45) is 0 Å². The highest BCUT2D eigenvalue weighted by Crippen LogP contribution is 2.28. The molecule has 1 aromatic carbocycles. The van der Waals surface area contributed by atoms with Crippen molar-refractivity contribution >= 4 is 32.6 Å². The van der Waals surface area contributed by atoms with Crippen LogP contribution in [0.2, 0.25) is 0 Å². The zero-order valence-electron chi connectivity index (χ0n) is 13.0. The van der Waals surface area contributed by atoms with Crippen LogP contribution >= 0.6 is 11.3 Å². The number of carbonyl (C=O) groups excluding carboxylic acids is 1. The van der Waals surface area contributed by atoms with E-state index in [4.69, 9.17) is 0 Å². The molecule has 22 heavy (non-hydrogen) atoms. The van der Waals surface area contributed by atoms with Gasteiger partial charge >= 0.3 is 0 Å². The fraction of sp³-hybridized carbons (Fsp3) is 0.312. The first kappa shape index (κ1) is 14.7. The van der Waals surface area contributed by atoms with Gasteiger partial charge in [-0.25, -0.2) is 4.98 Å². The number of aryl methyl sites for hydroxylation is 2. The molecule has 0 unspecified atom stereocenters. The van der Waals surface area contributed by atoms with Crippen LogP contribution in [0.1, 0.15) is 41.5 Å². The second-order valence-electron chi connectivity index (χ2n) is 5.65. The third-order valence-corrected chi connectivity index (χ3v) is 4.53. The molecule has 0 aliphatic rings. The minimum absolute atomic E-state index is 0.230. The van der Waals surface area contributed by atoms with Gasteiger partial charge in [0, 0.05) is 12.2 Å². The number of thiazole rings is 1. The summed E-state index contributed by atoms with van der Waals surface area (Å²) in [6.45, 7) is 8.18. The van der Waals surface area contributed by atoms with Gasteiger partial charge in [0.2, 0.25) is 0 Å². The fourth-order valence-corrected chi connectivity index (χ4v) is 3.08. The summed E-state index contributed by atoms with van der Waals surface area (Å²) in [5, 5.41) is 7.70. The smallest absolute Gasteiger partial charge is 0.277 e. The Morgan fingerprint density at radius 3 is 2.68 bits per heavy atom. The van der Waals surface area contributed by atoms with Crippen LogP contribution in [0.3, 0.4) is 0 Å². The van der Waals surface area contributed by atoms with Crippen molar-refractivity contribution in [2.75, 3.05) is 5.32 Å². The lowest BCUT2D eigenvalue weighted by atomic mass is 10.1. The molecule has 0 spiro atoms. The molecular formula is C16H18N4OS. The van der Waals surface area contributed by atoms with Crippen molar-refractivity contribution in [3.63, 3.8) is 0 Å². The molecule has 1 amide bonds. The molecule has 0 atom stereocenters. The number of fused-ring (bicyclic) bond motifs is 1. The number of hydrogen-bond acceptors (Lipinski definition) is 4. The van der Waals surface area contributed by atoms with E-state index in [1.807, 2.05) is 26.1 Å². The molecule has 0 saturated heterocycles. The Kier molecular flexibility index (Phi) is 3.70. The predicted octanol–water partition coefficient (Wildman–Crippen LogP) is 3.94. The van der Waals surface area contributed by atoms with Crippen molar-refractivity contribution in [2.45, 2.75) is 33.7 Å². The minimum Gasteiger partial charge on any atom is -0.296 e. The Labute approximate surface area is 133 Å². The van der Waals surface area contributed by atoms with Crippen LogP contribution in [-0.4, -0.2) is 20.7 Å². The van der Waals surface area contributed by atoms with Crippen LogP contribution in [0.4, 0.5) is 5.13 Å². The number of amides is 1. The standard InChI is InChI=1S/C16H18N4OS/c1-9(2)20-6-5-12(19-20)15(21)18-16-17-13-7-10(3)11(4)8-14(13)22-16/h5-9H,1-4H3,(H,17,18,21). The van der Waals surface area contributed by atoms with Gasteiger partial charge in [-0.2, -0.15) is 5.10 Å². The van der Waals surface area contributed by atoms with Crippen molar-refractivity contribution in [3.8, 4) is 0 Å². The van der Waals surface area contributed by atoms with E-state index < -0.39 is 0 Å². The highest BCUT2D eigenvalue weighted by Gasteiger charge is 2.13. The number of anilines is 1. The molecule has 0 aliphatic heterocycles. The Balaban J connectivity index is 1.84. The van der Waals surface area contributed by atoms with Crippen molar-refractivity contribution < 1.29 is 4.79 Å². The number of aromatic nitrogens is 3. The van der Waals surface area contributed by atoms with Gasteiger partial charge in [0.05, 0.1) is 10.2 Å². The molecule has 0 saturated carbocycles. The van der Waals surface area contributed by atoms with Crippen molar-refractivity contribution in [1.29, 1.82) is 0 Å². The fourth-order valence-electron chi connectivity index (χ4n) is 2.14.